The Labute approximate surface area is 166 Å². The van der Waals surface area contributed by atoms with E-state index in [-0.39, 0.29) is 17.4 Å². The molecule has 4 rings (SSSR count). The van der Waals surface area contributed by atoms with Crippen LogP contribution in [0.3, 0.4) is 0 Å². The second-order valence-corrected chi connectivity index (χ2v) is 6.38. The van der Waals surface area contributed by atoms with Gasteiger partial charge in [0.25, 0.3) is 11.8 Å². The minimum atomic E-state index is -0.722. The van der Waals surface area contributed by atoms with Gasteiger partial charge in [0, 0.05) is 30.8 Å². The molecule has 150 valence electrons. The summed E-state index contributed by atoms with van der Waals surface area (Å²) in [6, 6.07) is 9.20. The third kappa shape index (κ3) is 4.55. The molecule has 2 aromatic heterocycles. The van der Waals surface area contributed by atoms with Crippen LogP contribution in [0.2, 0.25) is 0 Å². The van der Waals surface area contributed by atoms with Gasteiger partial charge in [0.15, 0.2) is 11.5 Å². The third-order valence-electron chi connectivity index (χ3n) is 4.33. The number of aliphatic hydroxyl groups is 1. The lowest BCUT2D eigenvalue weighted by molar-refractivity contribution is -0.133. The van der Waals surface area contributed by atoms with Crippen molar-refractivity contribution in [3.05, 3.63) is 48.5 Å². The van der Waals surface area contributed by atoms with Gasteiger partial charge in [-0.3, -0.25) is 9.59 Å². The number of anilines is 1. The average molecular weight is 396 g/mol. The van der Waals surface area contributed by atoms with Crippen LogP contribution < -0.4 is 11.5 Å². The molecular formula is C19H20N6O4. The number of aromatic nitrogens is 3. The van der Waals surface area contributed by atoms with Crippen LogP contribution in [-0.4, -0.2) is 56.6 Å². The molecule has 1 aliphatic rings. The van der Waals surface area contributed by atoms with Crippen molar-refractivity contribution < 1.29 is 19.2 Å². The fourth-order valence-electron chi connectivity index (χ4n) is 2.72. The Kier molecular flexibility index (Phi) is 5.84. The van der Waals surface area contributed by atoms with Gasteiger partial charge in [0.05, 0.1) is 11.9 Å². The van der Waals surface area contributed by atoms with Crippen molar-refractivity contribution in [2.45, 2.75) is 12.5 Å². The van der Waals surface area contributed by atoms with Crippen molar-refractivity contribution >= 4 is 17.6 Å². The molecule has 3 heterocycles. The second kappa shape index (κ2) is 8.48. The first kappa shape index (κ1) is 20.0. The number of hydrogen-bond acceptors (Lipinski definition) is 8. The van der Waals surface area contributed by atoms with E-state index in [0.29, 0.717) is 24.4 Å². The quantitative estimate of drug-likeness (QED) is 0.582. The number of rotatable bonds is 3. The molecule has 1 aliphatic heterocycles. The Morgan fingerprint density at radius 2 is 2.00 bits per heavy atom. The molecule has 0 saturated carbocycles. The zero-order valence-electron chi connectivity index (χ0n) is 15.6. The van der Waals surface area contributed by atoms with Crippen LogP contribution in [0.15, 0.2) is 47.3 Å². The van der Waals surface area contributed by atoms with E-state index in [0.717, 1.165) is 11.1 Å². The van der Waals surface area contributed by atoms with Crippen molar-refractivity contribution in [2.75, 3.05) is 19.3 Å². The number of primary amides is 1. The number of hydrogen-bond donors (Lipinski definition) is 3. The van der Waals surface area contributed by atoms with Gasteiger partial charge >= 0.3 is 0 Å². The van der Waals surface area contributed by atoms with Gasteiger partial charge in [0.1, 0.15) is 18.1 Å². The molecule has 1 unspecified atom stereocenters. The molecule has 3 aromatic rings. The highest BCUT2D eigenvalue weighted by Crippen LogP contribution is 2.24. The molecule has 0 radical (unpaired) electrons. The summed E-state index contributed by atoms with van der Waals surface area (Å²) >= 11 is 0. The van der Waals surface area contributed by atoms with Crippen LogP contribution >= 0.6 is 0 Å². The first-order valence-electron chi connectivity index (χ1n) is 8.73. The maximum Gasteiger partial charge on any atom is 0.271 e. The SMILES string of the molecule is CN1CCC(O)C1=O.NC(=O)c1nc(-c2cccc(-c3ccon3)c2)cnc1N. The zero-order valence-corrected chi connectivity index (χ0v) is 15.6. The van der Waals surface area contributed by atoms with E-state index in [1.54, 1.807) is 13.1 Å². The number of carbonyl (C=O) groups is 2. The Morgan fingerprint density at radius 1 is 1.28 bits per heavy atom. The van der Waals surface area contributed by atoms with E-state index in [9.17, 15) is 9.59 Å². The summed E-state index contributed by atoms with van der Waals surface area (Å²) in [4.78, 5) is 31.5. The van der Waals surface area contributed by atoms with Crippen LogP contribution in [0.25, 0.3) is 22.5 Å². The van der Waals surface area contributed by atoms with E-state index in [1.165, 1.54) is 17.4 Å². The molecule has 2 amide bonds. The number of nitrogen functional groups attached to an aromatic ring is 1. The lowest BCUT2D eigenvalue weighted by Crippen LogP contribution is -2.24. The molecule has 1 fully saturated rings. The number of likely N-dealkylation sites (tertiary alicyclic amines) is 1. The number of amides is 2. The molecule has 0 spiro atoms. The molecular weight excluding hydrogens is 376 g/mol. The lowest BCUT2D eigenvalue weighted by Gasteiger charge is -2.05. The number of benzene rings is 1. The Morgan fingerprint density at radius 3 is 2.52 bits per heavy atom. The van der Waals surface area contributed by atoms with Gasteiger partial charge in [-0.2, -0.15) is 0 Å². The summed E-state index contributed by atoms with van der Waals surface area (Å²) < 4.78 is 4.83. The van der Waals surface area contributed by atoms with Gasteiger partial charge < -0.3 is 26.0 Å². The van der Waals surface area contributed by atoms with Gasteiger partial charge in [0.2, 0.25) is 0 Å². The van der Waals surface area contributed by atoms with E-state index in [1.807, 2.05) is 24.3 Å². The summed E-state index contributed by atoms with van der Waals surface area (Å²) in [7, 11) is 1.69. The van der Waals surface area contributed by atoms with Crippen molar-refractivity contribution in [2.24, 2.45) is 5.73 Å². The maximum atomic E-state index is 11.3. The monoisotopic (exact) mass is 396 g/mol. The second-order valence-electron chi connectivity index (χ2n) is 6.38. The van der Waals surface area contributed by atoms with E-state index in [2.05, 4.69) is 15.1 Å². The summed E-state index contributed by atoms with van der Waals surface area (Å²) in [5.41, 5.74) is 13.6. The Balaban J connectivity index is 0.000000252. The van der Waals surface area contributed by atoms with Crippen LogP contribution in [0.4, 0.5) is 5.82 Å². The van der Waals surface area contributed by atoms with E-state index < -0.39 is 12.0 Å². The zero-order chi connectivity index (χ0) is 21.0. The largest absolute Gasteiger partial charge is 0.383 e. The summed E-state index contributed by atoms with van der Waals surface area (Å²) in [6.45, 7) is 0.694. The minimum absolute atomic E-state index is 0.0129. The van der Waals surface area contributed by atoms with Crippen LogP contribution in [0.5, 0.6) is 0 Å². The summed E-state index contributed by atoms with van der Waals surface area (Å²) in [5.74, 6) is -0.849. The molecule has 10 nitrogen and oxygen atoms in total. The van der Waals surface area contributed by atoms with Gasteiger partial charge in [-0.1, -0.05) is 23.4 Å². The fourth-order valence-corrected chi connectivity index (χ4v) is 2.72. The van der Waals surface area contributed by atoms with E-state index in [4.69, 9.17) is 21.1 Å². The molecule has 29 heavy (non-hydrogen) atoms. The minimum Gasteiger partial charge on any atom is -0.383 e. The third-order valence-corrected chi connectivity index (χ3v) is 4.33. The number of carbonyl (C=O) groups excluding carboxylic acids is 2. The van der Waals surface area contributed by atoms with Crippen molar-refractivity contribution in [3.63, 3.8) is 0 Å². The van der Waals surface area contributed by atoms with Crippen molar-refractivity contribution in [1.82, 2.24) is 20.0 Å². The van der Waals surface area contributed by atoms with Crippen LogP contribution in [-0.2, 0) is 4.79 Å². The summed E-state index contributed by atoms with van der Waals surface area (Å²) in [5, 5.41) is 12.7. The van der Waals surface area contributed by atoms with Crippen LogP contribution in [0, 0.1) is 0 Å². The summed E-state index contributed by atoms with van der Waals surface area (Å²) in [6.07, 6.45) is 2.86. The predicted molar refractivity (Wildman–Crippen MR) is 104 cm³/mol. The van der Waals surface area contributed by atoms with E-state index >= 15 is 0 Å². The molecule has 1 atom stereocenters. The van der Waals surface area contributed by atoms with Gasteiger partial charge in [-0.25, -0.2) is 9.97 Å². The standard InChI is InChI=1S/C14H11N5O2.C5H9NO2/c15-13-12(14(16)20)18-11(7-17-13)9-3-1-2-8(6-9)10-4-5-21-19-10;1-6-3-2-4(7)5(6)8/h1-7H,(H2,15,17)(H2,16,20);4,7H,2-3H2,1H3. The number of nitrogens with zero attached hydrogens (tertiary/aromatic N) is 4. The number of aliphatic hydroxyl groups excluding tert-OH is 1. The Hall–Kier alpha value is -3.79. The maximum absolute atomic E-state index is 11.3. The normalized spacial score (nSPS) is 15.7. The first-order valence-corrected chi connectivity index (χ1v) is 8.73. The highest BCUT2D eigenvalue weighted by Gasteiger charge is 2.26. The predicted octanol–water partition coefficient (Wildman–Crippen LogP) is 0.689. The van der Waals surface area contributed by atoms with Crippen LogP contribution in [0.1, 0.15) is 16.9 Å². The molecule has 1 aromatic carbocycles. The highest BCUT2D eigenvalue weighted by molar-refractivity contribution is 5.95. The highest BCUT2D eigenvalue weighted by atomic mass is 16.5. The van der Waals surface area contributed by atoms with Crippen molar-refractivity contribution in [3.8, 4) is 22.5 Å². The lowest BCUT2D eigenvalue weighted by atomic mass is 10.1. The smallest absolute Gasteiger partial charge is 0.271 e. The van der Waals surface area contributed by atoms with Gasteiger partial charge in [-0.15, -0.1) is 0 Å². The molecule has 10 heteroatoms. The molecule has 0 bridgehead atoms. The van der Waals surface area contributed by atoms with Crippen molar-refractivity contribution in [1.29, 1.82) is 0 Å². The Bertz CT molecular complexity index is 1010. The van der Waals surface area contributed by atoms with Gasteiger partial charge in [-0.05, 0) is 12.5 Å². The average Bonchev–Trinajstić information content (AvgIpc) is 3.35. The first-order chi connectivity index (χ1) is 13.9. The topological polar surface area (TPSA) is 161 Å². The fraction of sp³-hybridized carbons (Fsp3) is 0.211. The number of nitrogens with two attached hydrogens (primary N) is 2. The number of likely N-dealkylation sites (N-methyl/N-ethyl adjacent to an activating group) is 1. The molecule has 5 N–H and O–H groups in total. The molecule has 1 saturated heterocycles. The molecule has 0 aliphatic carbocycles.